The zero-order valence-electron chi connectivity index (χ0n) is 16.9. The van der Waals surface area contributed by atoms with Crippen LogP contribution in [-0.4, -0.2) is 38.2 Å². The quantitative estimate of drug-likeness (QED) is 0.324. The molecular formula is C18H20K2N4O5S. The van der Waals surface area contributed by atoms with E-state index in [4.69, 9.17) is 13.3 Å². The number of nitrogens with one attached hydrogen (secondary N) is 2. The second-order valence-electron chi connectivity index (χ2n) is 5.75. The van der Waals surface area contributed by atoms with Gasteiger partial charge in [-0.1, -0.05) is 36.4 Å². The summed E-state index contributed by atoms with van der Waals surface area (Å²) in [7, 11) is 0. The summed E-state index contributed by atoms with van der Waals surface area (Å²) in [6.45, 7) is 1.53. The van der Waals surface area contributed by atoms with Crippen molar-refractivity contribution in [3.05, 3.63) is 60.7 Å². The molecule has 0 aliphatic carbocycles. The number of carbonyl (C=O) groups is 2. The Morgan fingerprint density at radius 2 is 1.00 bits per heavy atom. The minimum absolute atomic E-state index is 0. The number of rotatable bonds is 2. The summed E-state index contributed by atoms with van der Waals surface area (Å²) in [4.78, 5) is 21.7. The van der Waals surface area contributed by atoms with Crippen LogP contribution in [0.25, 0.3) is 0 Å². The van der Waals surface area contributed by atoms with Crippen LogP contribution in [0.3, 0.4) is 0 Å². The molecule has 2 aliphatic heterocycles. The molecule has 2 fully saturated rings. The minimum atomic E-state index is -3.11. The van der Waals surface area contributed by atoms with Crippen molar-refractivity contribution in [1.82, 2.24) is 10.9 Å². The van der Waals surface area contributed by atoms with Gasteiger partial charge < -0.3 is 9.11 Å². The van der Waals surface area contributed by atoms with Crippen LogP contribution in [0.5, 0.6) is 0 Å². The van der Waals surface area contributed by atoms with Gasteiger partial charge in [0.2, 0.25) is 11.8 Å². The zero-order valence-corrected chi connectivity index (χ0v) is 24.0. The molecule has 150 valence electrons. The number of amides is 2. The Bertz CT molecular complexity index is 736. The molecule has 2 N–H and O–H groups in total. The minimum Gasteiger partial charge on any atom is -0.784 e. The fraction of sp³-hybridized carbons (Fsp3) is 0.222. The third-order valence-electron chi connectivity index (χ3n) is 3.78. The second-order valence-corrected chi connectivity index (χ2v) is 6.16. The zero-order chi connectivity index (χ0) is 20.4. The van der Waals surface area contributed by atoms with E-state index in [1.165, 1.54) is 0 Å². The number of hydrogen-bond donors (Lipinski definition) is 2. The van der Waals surface area contributed by atoms with Crippen molar-refractivity contribution >= 4 is 34.6 Å². The Balaban J connectivity index is 0.000000452. The molecule has 4 rings (SSSR count). The van der Waals surface area contributed by atoms with Crippen molar-refractivity contribution in [3.8, 4) is 0 Å². The van der Waals surface area contributed by atoms with Crippen molar-refractivity contribution < 1.29 is 126 Å². The summed E-state index contributed by atoms with van der Waals surface area (Å²) < 4.78 is 25.3. The standard InChI is InChI=1S/2C9H10N2O.2K.H2O3S/c2*12-9-6-7-11(10-9)8-4-2-1-3-5-8;;;1-4(2)3/h2*1-5H,6-7H2,(H,10,12);;;(H2,1,2,3)/q;;2*+1;/p-2. The molecule has 0 atom stereocenters. The van der Waals surface area contributed by atoms with Crippen molar-refractivity contribution in [1.29, 1.82) is 0 Å². The topological polar surface area (TPSA) is 128 Å². The van der Waals surface area contributed by atoms with Gasteiger partial charge in [0.1, 0.15) is 0 Å². The average Bonchev–Trinajstić information content (AvgIpc) is 3.32. The van der Waals surface area contributed by atoms with E-state index in [0.29, 0.717) is 12.8 Å². The van der Waals surface area contributed by atoms with Crippen molar-refractivity contribution in [3.63, 3.8) is 0 Å². The second kappa shape index (κ2) is 16.9. The monoisotopic (exact) mass is 482 g/mol. The van der Waals surface area contributed by atoms with Crippen molar-refractivity contribution in [2.75, 3.05) is 23.1 Å². The predicted molar refractivity (Wildman–Crippen MR) is 103 cm³/mol. The maximum absolute atomic E-state index is 10.9. The van der Waals surface area contributed by atoms with E-state index in [1.54, 1.807) is 0 Å². The molecule has 2 heterocycles. The molecule has 0 spiro atoms. The third-order valence-corrected chi connectivity index (χ3v) is 3.78. The van der Waals surface area contributed by atoms with Gasteiger partial charge in [-0.25, -0.2) is 0 Å². The molecule has 0 radical (unpaired) electrons. The Kier molecular flexibility index (Phi) is 17.1. The first-order valence-electron chi connectivity index (χ1n) is 8.46. The smallest absolute Gasteiger partial charge is 0.784 e. The largest absolute Gasteiger partial charge is 1.00 e. The molecule has 0 unspecified atom stereocenters. The molecule has 30 heavy (non-hydrogen) atoms. The van der Waals surface area contributed by atoms with Crippen molar-refractivity contribution in [2.24, 2.45) is 0 Å². The summed E-state index contributed by atoms with van der Waals surface area (Å²) in [6.07, 6.45) is 1.18. The summed E-state index contributed by atoms with van der Waals surface area (Å²) in [5.74, 6) is 0.192. The Morgan fingerprint density at radius 3 is 1.23 bits per heavy atom. The van der Waals surface area contributed by atoms with Crippen LogP contribution in [0.2, 0.25) is 0 Å². The molecular weight excluding hydrogens is 462 g/mol. The van der Waals surface area contributed by atoms with E-state index in [0.717, 1.165) is 24.5 Å². The fourth-order valence-corrected chi connectivity index (χ4v) is 2.55. The maximum atomic E-state index is 10.9. The van der Waals surface area contributed by atoms with Gasteiger partial charge in [-0.2, -0.15) is 0 Å². The molecule has 2 aliphatic rings. The van der Waals surface area contributed by atoms with Gasteiger partial charge >= 0.3 is 103 Å². The number of para-hydroxylation sites is 2. The fourth-order valence-electron chi connectivity index (χ4n) is 2.55. The third kappa shape index (κ3) is 11.8. The van der Waals surface area contributed by atoms with Crippen LogP contribution >= 0.6 is 0 Å². The van der Waals surface area contributed by atoms with Crippen LogP contribution in [-0.2, 0) is 21.0 Å². The number of nitrogens with zero attached hydrogens (tertiary/aromatic N) is 2. The SMILES string of the molecule is O=C1CCN(c2ccccc2)N1.O=C1CCN(c2ccccc2)N1.O=S([O-])[O-].[K+].[K+]. The van der Waals surface area contributed by atoms with Crippen LogP contribution in [0.4, 0.5) is 11.4 Å². The molecule has 2 amide bonds. The first-order chi connectivity index (χ1) is 13.5. The predicted octanol–water partition coefficient (Wildman–Crippen LogP) is -5.14. The summed E-state index contributed by atoms with van der Waals surface area (Å²) in [6, 6.07) is 19.7. The van der Waals surface area contributed by atoms with Crippen LogP contribution < -0.4 is 124 Å². The first-order valence-corrected chi connectivity index (χ1v) is 9.46. The number of hydrazine groups is 2. The molecule has 9 nitrogen and oxygen atoms in total. The normalized spacial score (nSPS) is 14.2. The Labute approximate surface area is 263 Å². The molecule has 2 aromatic rings. The van der Waals surface area contributed by atoms with Gasteiger partial charge in [-0.05, 0) is 24.3 Å². The van der Waals surface area contributed by atoms with Crippen LogP contribution in [0.15, 0.2) is 60.7 Å². The van der Waals surface area contributed by atoms with Gasteiger partial charge in [0.15, 0.2) is 0 Å². The van der Waals surface area contributed by atoms with E-state index in [2.05, 4.69) is 10.9 Å². The van der Waals surface area contributed by atoms with Crippen LogP contribution in [0, 0.1) is 0 Å². The van der Waals surface area contributed by atoms with Gasteiger partial charge in [-0.3, -0.25) is 34.7 Å². The van der Waals surface area contributed by atoms with E-state index in [-0.39, 0.29) is 115 Å². The number of hydrogen-bond acceptors (Lipinski definition) is 7. The first kappa shape index (κ1) is 30.3. The number of anilines is 2. The average molecular weight is 483 g/mol. The summed E-state index contributed by atoms with van der Waals surface area (Å²) in [5.41, 5.74) is 7.62. The molecule has 0 aromatic heterocycles. The Morgan fingerprint density at radius 1 is 0.700 bits per heavy atom. The summed E-state index contributed by atoms with van der Waals surface area (Å²) in [5, 5.41) is 3.73. The van der Waals surface area contributed by atoms with Gasteiger partial charge in [0, 0.05) is 25.9 Å². The van der Waals surface area contributed by atoms with E-state index < -0.39 is 11.4 Å². The van der Waals surface area contributed by atoms with Gasteiger partial charge in [0.05, 0.1) is 11.4 Å². The molecule has 12 heteroatoms. The number of benzene rings is 2. The maximum Gasteiger partial charge on any atom is 1.00 e. The Hall–Kier alpha value is 0.323. The molecule has 0 bridgehead atoms. The summed E-state index contributed by atoms with van der Waals surface area (Å²) >= 11 is -3.11. The van der Waals surface area contributed by atoms with E-state index >= 15 is 0 Å². The van der Waals surface area contributed by atoms with E-state index in [9.17, 15) is 9.59 Å². The van der Waals surface area contributed by atoms with E-state index in [1.807, 2.05) is 70.7 Å². The van der Waals surface area contributed by atoms with Crippen LogP contribution in [0.1, 0.15) is 12.8 Å². The molecule has 2 saturated heterocycles. The van der Waals surface area contributed by atoms with Crippen molar-refractivity contribution in [2.45, 2.75) is 12.8 Å². The van der Waals surface area contributed by atoms with Gasteiger partial charge in [-0.15, -0.1) is 11.4 Å². The number of carbonyl (C=O) groups excluding carboxylic acids is 2. The van der Waals surface area contributed by atoms with Gasteiger partial charge in [0.25, 0.3) is 0 Å². The molecule has 2 aromatic carbocycles. The molecule has 0 saturated carbocycles.